The Balaban J connectivity index is 1.67. The molecule has 0 bridgehead atoms. The lowest BCUT2D eigenvalue weighted by atomic mass is 10.1. The summed E-state index contributed by atoms with van der Waals surface area (Å²) < 4.78 is 29.2. The van der Waals surface area contributed by atoms with Crippen LogP contribution in [0.15, 0.2) is 63.9 Å². The number of nitrogens with two attached hydrogens (primary N) is 1. The van der Waals surface area contributed by atoms with Crippen LogP contribution in [0.5, 0.6) is 0 Å². The molecule has 1 fully saturated rings. The van der Waals surface area contributed by atoms with E-state index in [-0.39, 0.29) is 4.90 Å². The molecule has 146 valence electrons. The van der Waals surface area contributed by atoms with E-state index in [0.29, 0.717) is 11.7 Å². The highest BCUT2D eigenvalue weighted by Crippen LogP contribution is 2.33. The molecule has 0 spiro atoms. The molecule has 1 aliphatic heterocycles. The van der Waals surface area contributed by atoms with Gasteiger partial charge in [0.15, 0.2) is 11.7 Å². The quantitative estimate of drug-likeness (QED) is 0.689. The number of rotatable bonds is 6. The van der Waals surface area contributed by atoms with Gasteiger partial charge in [0, 0.05) is 24.1 Å². The topological polar surface area (TPSA) is 89.4 Å². The SMILES string of the molecule is NS(=O)(=O)c1ccc(-c2oc(CCN3CCCC3)nc2-c2ccccc2)cc1. The normalized spacial score (nSPS) is 15.2. The molecule has 2 heterocycles. The van der Waals surface area contributed by atoms with Gasteiger partial charge in [0.05, 0.1) is 4.90 Å². The van der Waals surface area contributed by atoms with Crippen LogP contribution in [-0.2, 0) is 16.4 Å². The van der Waals surface area contributed by atoms with Crippen molar-refractivity contribution in [3.05, 3.63) is 60.5 Å². The van der Waals surface area contributed by atoms with Gasteiger partial charge in [-0.3, -0.25) is 0 Å². The highest BCUT2D eigenvalue weighted by molar-refractivity contribution is 7.89. The lowest BCUT2D eigenvalue weighted by Gasteiger charge is -2.12. The molecule has 1 saturated heterocycles. The fourth-order valence-electron chi connectivity index (χ4n) is 3.51. The molecule has 0 radical (unpaired) electrons. The highest BCUT2D eigenvalue weighted by atomic mass is 32.2. The molecule has 7 heteroatoms. The number of primary sulfonamides is 1. The van der Waals surface area contributed by atoms with Crippen molar-refractivity contribution in [3.8, 4) is 22.6 Å². The minimum atomic E-state index is -3.73. The Bertz CT molecular complexity index is 1040. The first-order valence-corrected chi connectivity index (χ1v) is 11.0. The molecular weight excluding hydrogens is 374 g/mol. The van der Waals surface area contributed by atoms with Crippen molar-refractivity contribution in [2.45, 2.75) is 24.2 Å². The van der Waals surface area contributed by atoms with Crippen molar-refractivity contribution in [1.29, 1.82) is 0 Å². The molecular formula is C21H23N3O3S. The minimum Gasteiger partial charge on any atom is -0.440 e. The summed E-state index contributed by atoms with van der Waals surface area (Å²) in [6.07, 6.45) is 3.25. The zero-order valence-electron chi connectivity index (χ0n) is 15.5. The average molecular weight is 398 g/mol. The van der Waals surface area contributed by atoms with Crippen molar-refractivity contribution in [2.75, 3.05) is 19.6 Å². The van der Waals surface area contributed by atoms with Gasteiger partial charge in [0.2, 0.25) is 10.0 Å². The Kier molecular flexibility index (Phi) is 5.30. The van der Waals surface area contributed by atoms with E-state index in [1.165, 1.54) is 25.0 Å². The third kappa shape index (κ3) is 4.16. The number of nitrogens with zero attached hydrogens (tertiary/aromatic N) is 2. The molecule has 0 amide bonds. The first-order valence-electron chi connectivity index (χ1n) is 9.41. The molecule has 1 aromatic heterocycles. The first-order chi connectivity index (χ1) is 13.5. The smallest absolute Gasteiger partial charge is 0.238 e. The number of hydrogen-bond donors (Lipinski definition) is 1. The second kappa shape index (κ2) is 7.87. The molecule has 6 nitrogen and oxygen atoms in total. The predicted octanol–water partition coefficient (Wildman–Crippen LogP) is 3.29. The fraction of sp³-hybridized carbons (Fsp3) is 0.286. The largest absolute Gasteiger partial charge is 0.440 e. The maximum absolute atomic E-state index is 11.5. The van der Waals surface area contributed by atoms with Gasteiger partial charge in [-0.15, -0.1) is 0 Å². The number of oxazole rings is 1. The van der Waals surface area contributed by atoms with Crippen LogP contribution in [0.4, 0.5) is 0 Å². The molecule has 0 unspecified atom stereocenters. The molecule has 2 aromatic carbocycles. The summed E-state index contributed by atoms with van der Waals surface area (Å²) >= 11 is 0. The summed E-state index contributed by atoms with van der Waals surface area (Å²) in [7, 11) is -3.73. The monoisotopic (exact) mass is 397 g/mol. The van der Waals surface area contributed by atoms with E-state index < -0.39 is 10.0 Å². The Morgan fingerprint density at radius 3 is 2.29 bits per heavy atom. The minimum absolute atomic E-state index is 0.0753. The number of hydrogen-bond acceptors (Lipinski definition) is 5. The van der Waals surface area contributed by atoms with Crippen LogP contribution in [-0.4, -0.2) is 37.9 Å². The van der Waals surface area contributed by atoms with Gasteiger partial charge in [0.25, 0.3) is 0 Å². The molecule has 1 aliphatic rings. The molecule has 3 aromatic rings. The van der Waals surface area contributed by atoms with Gasteiger partial charge in [-0.25, -0.2) is 18.5 Å². The Labute approximate surface area is 165 Å². The third-order valence-electron chi connectivity index (χ3n) is 5.00. The van der Waals surface area contributed by atoms with Gasteiger partial charge in [-0.2, -0.15) is 0 Å². The first kappa shape index (κ1) is 18.9. The van der Waals surface area contributed by atoms with E-state index in [9.17, 15) is 8.42 Å². The molecule has 28 heavy (non-hydrogen) atoms. The summed E-state index contributed by atoms with van der Waals surface area (Å²) in [5.74, 6) is 1.33. The van der Waals surface area contributed by atoms with Crippen molar-refractivity contribution in [1.82, 2.24) is 9.88 Å². The Hall–Kier alpha value is -2.48. The Morgan fingerprint density at radius 2 is 1.64 bits per heavy atom. The number of sulfonamides is 1. The summed E-state index contributed by atoms with van der Waals surface area (Å²) in [5, 5.41) is 5.20. The van der Waals surface area contributed by atoms with Crippen LogP contribution in [0.25, 0.3) is 22.6 Å². The lowest BCUT2D eigenvalue weighted by Crippen LogP contribution is -2.21. The van der Waals surface area contributed by atoms with Crippen molar-refractivity contribution >= 4 is 10.0 Å². The van der Waals surface area contributed by atoms with Gasteiger partial charge < -0.3 is 9.32 Å². The lowest BCUT2D eigenvalue weighted by molar-refractivity contribution is 0.329. The fourth-order valence-corrected chi connectivity index (χ4v) is 4.03. The van der Waals surface area contributed by atoms with Crippen molar-refractivity contribution < 1.29 is 12.8 Å². The van der Waals surface area contributed by atoms with Crippen LogP contribution >= 0.6 is 0 Å². The van der Waals surface area contributed by atoms with Gasteiger partial charge >= 0.3 is 0 Å². The van der Waals surface area contributed by atoms with Gasteiger partial charge in [0.1, 0.15) is 5.69 Å². The van der Waals surface area contributed by atoms with Crippen LogP contribution in [0.3, 0.4) is 0 Å². The number of aromatic nitrogens is 1. The van der Waals surface area contributed by atoms with Crippen LogP contribution in [0.2, 0.25) is 0 Å². The zero-order valence-corrected chi connectivity index (χ0v) is 16.4. The Morgan fingerprint density at radius 1 is 0.964 bits per heavy atom. The third-order valence-corrected chi connectivity index (χ3v) is 5.93. The average Bonchev–Trinajstić information content (AvgIpc) is 3.36. The predicted molar refractivity (Wildman–Crippen MR) is 108 cm³/mol. The maximum Gasteiger partial charge on any atom is 0.238 e. The van der Waals surface area contributed by atoms with E-state index in [0.717, 1.165) is 42.9 Å². The second-order valence-corrected chi connectivity index (χ2v) is 8.58. The van der Waals surface area contributed by atoms with Gasteiger partial charge in [-0.1, -0.05) is 30.3 Å². The molecule has 2 N–H and O–H groups in total. The van der Waals surface area contributed by atoms with Crippen LogP contribution < -0.4 is 5.14 Å². The van der Waals surface area contributed by atoms with E-state index in [1.54, 1.807) is 12.1 Å². The second-order valence-electron chi connectivity index (χ2n) is 7.02. The highest BCUT2D eigenvalue weighted by Gasteiger charge is 2.19. The number of likely N-dealkylation sites (tertiary alicyclic amines) is 1. The van der Waals surface area contributed by atoms with Crippen molar-refractivity contribution in [2.24, 2.45) is 5.14 Å². The van der Waals surface area contributed by atoms with E-state index in [2.05, 4.69) is 4.90 Å². The maximum atomic E-state index is 11.5. The molecule has 0 saturated carbocycles. The standard InChI is InChI=1S/C21H23N3O3S/c22-28(25,26)18-10-8-17(9-11-18)21-20(16-6-2-1-3-7-16)23-19(27-21)12-15-24-13-4-5-14-24/h1-3,6-11H,4-5,12-15H2,(H2,22,25,26). The van der Waals surface area contributed by atoms with Crippen LogP contribution in [0, 0.1) is 0 Å². The van der Waals surface area contributed by atoms with Crippen LogP contribution in [0.1, 0.15) is 18.7 Å². The van der Waals surface area contributed by atoms with E-state index >= 15 is 0 Å². The summed E-state index contributed by atoms with van der Waals surface area (Å²) in [6, 6.07) is 16.3. The van der Waals surface area contributed by atoms with Gasteiger partial charge in [-0.05, 0) is 50.2 Å². The molecule has 4 rings (SSSR count). The van der Waals surface area contributed by atoms with E-state index in [1.807, 2.05) is 30.3 Å². The summed E-state index contributed by atoms with van der Waals surface area (Å²) in [5.41, 5.74) is 2.50. The molecule has 0 aliphatic carbocycles. The number of benzene rings is 2. The zero-order chi connectivity index (χ0) is 19.6. The summed E-state index contributed by atoms with van der Waals surface area (Å²) in [6.45, 7) is 3.20. The van der Waals surface area contributed by atoms with Crippen molar-refractivity contribution in [3.63, 3.8) is 0 Å². The molecule has 0 atom stereocenters. The van der Waals surface area contributed by atoms with E-state index in [4.69, 9.17) is 14.5 Å². The summed E-state index contributed by atoms with van der Waals surface area (Å²) in [4.78, 5) is 7.25.